The third-order valence-electron chi connectivity index (χ3n) is 2.92. The van der Waals surface area contributed by atoms with Crippen LogP contribution >= 0.6 is 11.3 Å². The maximum Gasteiger partial charge on any atom is 0.0127 e. The van der Waals surface area contributed by atoms with E-state index in [0.29, 0.717) is 0 Å². The lowest BCUT2D eigenvalue weighted by Crippen LogP contribution is -1.86. The lowest BCUT2D eigenvalue weighted by molar-refractivity contribution is 0.961. The van der Waals surface area contributed by atoms with Gasteiger partial charge in [0.1, 0.15) is 0 Å². The quantitative estimate of drug-likeness (QED) is 0.603. The van der Waals surface area contributed by atoms with E-state index < -0.39 is 0 Å². The first kappa shape index (κ1) is 14.5. The molecule has 0 N–H and O–H groups in total. The van der Waals surface area contributed by atoms with Crippen molar-refractivity contribution in [2.45, 2.75) is 33.6 Å². The van der Waals surface area contributed by atoms with Gasteiger partial charge in [-0.2, -0.15) is 0 Å². The average Bonchev–Trinajstić information content (AvgIpc) is 2.77. The Balaban J connectivity index is 0.000000492. The number of hydrogen-bond acceptors (Lipinski definition) is 1. The van der Waals surface area contributed by atoms with Crippen molar-refractivity contribution in [3.63, 3.8) is 0 Å². The molecule has 1 aromatic rings. The molecule has 0 unspecified atom stereocenters. The maximum atomic E-state index is 4.60. The largest absolute Gasteiger partial charge is 0.148 e. The van der Waals surface area contributed by atoms with Crippen molar-refractivity contribution in [1.29, 1.82) is 0 Å². The number of rotatable bonds is 1. The van der Waals surface area contributed by atoms with E-state index in [-0.39, 0.29) is 0 Å². The van der Waals surface area contributed by atoms with Crippen LogP contribution in [0.25, 0.3) is 5.57 Å². The summed E-state index contributed by atoms with van der Waals surface area (Å²) in [4.78, 5) is 1.49. The second-order valence-electron chi connectivity index (χ2n) is 4.22. The lowest BCUT2D eigenvalue weighted by atomic mass is 9.98. The Bertz CT molecular complexity index is 518. The number of thiophene rings is 1. The summed E-state index contributed by atoms with van der Waals surface area (Å²) >= 11 is 1.85. The van der Waals surface area contributed by atoms with Gasteiger partial charge < -0.3 is 0 Å². The van der Waals surface area contributed by atoms with Crippen molar-refractivity contribution >= 4 is 16.9 Å². The first-order valence-corrected chi connectivity index (χ1v) is 6.99. The highest BCUT2D eigenvalue weighted by Gasteiger charge is 2.16. The minimum Gasteiger partial charge on any atom is -0.148 e. The summed E-state index contributed by atoms with van der Waals surface area (Å²) in [6.07, 6.45) is 11.2. The maximum absolute atomic E-state index is 4.60. The Morgan fingerprint density at radius 1 is 1.44 bits per heavy atom. The molecule has 0 atom stereocenters. The summed E-state index contributed by atoms with van der Waals surface area (Å²) in [5, 5.41) is 2.17. The highest BCUT2D eigenvalue weighted by atomic mass is 32.1. The van der Waals surface area contributed by atoms with Crippen LogP contribution in [0.3, 0.4) is 0 Å². The molecule has 0 saturated heterocycles. The van der Waals surface area contributed by atoms with Crippen molar-refractivity contribution in [3.8, 4) is 12.3 Å². The van der Waals surface area contributed by atoms with Crippen LogP contribution in [-0.4, -0.2) is 0 Å². The third kappa shape index (κ3) is 3.24. The predicted molar refractivity (Wildman–Crippen MR) is 83.7 cm³/mol. The Labute approximate surface area is 115 Å². The minimum atomic E-state index is 1.16. The lowest BCUT2D eigenvalue weighted by Gasteiger charge is -2.07. The zero-order valence-corrected chi connectivity index (χ0v) is 12.2. The van der Waals surface area contributed by atoms with Crippen LogP contribution in [0.5, 0.6) is 0 Å². The van der Waals surface area contributed by atoms with Crippen LogP contribution < -0.4 is 0 Å². The molecule has 0 saturated carbocycles. The highest BCUT2D eigenvalue weighted by Crippen LogP contribution is 2.35. The topological polar surface area (TPSA) is 0 Å². The van der Waals surface area contributed by atoms with E-state index >= 15 is 0 Å². The molecule has 1 aliphatic carbocycles. The first-order chi connectivity index (χ1) is 8.65. The number of fused-ring (bicyclic) bond motifs is 1. The Morgan fingerprint density at radius 3 is 2.72 bits per heavy atom. The van der Waals surface area contributed by atoms with Crippen LogP contribution in [-0.2, 0) is 6.42 Å². The van der Waals surface area contributed by atoms with Crippen molar-refractivity contribution < 1.29 is 0 Å². The number of hydrogen-bond donors (Lipinski definition) is 0. The summed E-state index contributed by atoms with van der Waals surface area (Å²) < 4.78 is 0. The molecule has 0 radical (unpaired) electrons. The van der Waals surface area contributed by atoms with Gasteiger partial charge in [0.25, 0.3) is 0 Å². The van der Waals surface area contributed by atoms with E-state index in [1.165, 1.54) is 33.6 Å². The first-order valence-electron chi connectivity index (χ1n) is 6.11. The molecular weight excluding hydrogens is 236 g/mol. The molecule has 0 amide bonds. The fourth-order valence-corrected chi connectivity index (χ4v) is 2.96. The normalized spacial score (nSPS) is 14.7. The number of allylic oxidation sites excluding steroid dienone is 5. The van der Waals surface area contributed by atoms with Crippen LogP contribution in [0.2, 0.25) is 0 Å². The standard InChI is InChI=1S/C14H16S.C3H4/c1-4-5-12-10(2)6-7-14-13(11(12)3)8-9-15-14;1-3-2/h4-5,8-9H,3,6-7H2,1-2H3;1H,2H3/b5-4-;. The summed E-state index contributed by atoms with van der Waals surface area (Å²) in [5.41, 5.74) is 5.33. The molecule has 1 aromatic heterocycles. The van der Waals surface area contributed by atoms with Gasteiger partial charge in [-0.15, -0.1) is 23.7 Å². The van der Waals surface area contributed by atoms with E-state index in [9.17, 15) is 0 Å². The van der Waals surface area contributed by atoms with Gasteiger partial charge in [0, 0.05) is 4.88 Å². The third-order valence-corrected chi connectivity index (χ3v) is 3.90. The fourth-order valence-electron chi connectivity index (χ4n) is 2.05. The van der Waals surface area contributed by atoms with E-state index in [2.05, 4.69) is 56.4 Å². The molecule has 1 heterocycles. The number of aryl methyl sites for hydroxylation is 1. The van der Waals surface area contributed by atoms with Gasteiger partial charge in [0.05, 0.1) is 0 Å². The summed E-state index contributed by atoms with van der Waals surface area (Å²) in [7, 11) is 0. The average molecular weight is 256 g/mol. The summed E-state index contributed by atoms with van der Waals surface area (Å²) in [5.74, 6) is 2.25. The molecule has 18 heavy (non-hydrogen) atoms. The Kier molecular flexibility index (Phi) is 5.68. The molecule has 94 valence electrons. The van der Waals surface area contributed by atoms with Crippen LogP contribution in [0.15, 0.2) is 41.3 Å². The summed E-state index contributed by atoms with van der Waals surface area (Å²) in [6, 6.07) is 2.20. The van der Waals surface area contributed by atoms with Gasteiger partial charge in [0.2, 0.25) is 0 Å². The second-order valence-corrected chi connectivity index (χ2v) is 5.22. The van der Waals surface area contributed by atoms with Crippen LogP contribution in [0, 0.1) is 12.3 Å². The molecular formula is C17H20S. The van der Waals surface area contributed by atoms with Gasteiger partial charge in [-0.3, -0.25) is 0 Å². The molecule has 0 fully saturated rings. The van der Waals surface area contributed by atoms with E-state index in [1.807, 2.05) is 11.3 Å². The van der Waals surface area contributed by atoms with Crippen molar-refractivity contribution in [2.75, 3.05) is 0 Å². The second kappa shape index (κ2) is 7.03. The zero-order chi connectivity index (χ0) is 13.5. The van der Waals surface area contributed by atoms with Gasteiger partial charge in [-0.05, 0) is 61.8 Å². The summed E-state index contributed by atoms with van der Waals surface area (Å²) in [6.45, 7) is 10.2. The molecule has 0 bridgehead atoms. The molecule has 1 aliphatic rings. The zero-order valence-electron chi connectivity index (χ0n) is 11.4. The van der Waals surface area contributed by atoms with E-state index in [0.717, 1.165) is 6.42 Å². The van der Waals surface area contributed by atoms with Crippen molar-refractivity contribution in [1.82, 2.24) is 0 Å². The van der Waals surface area contributed by atoms with E-state index in [4.69, 9.17) is 0 Å². The molecule has 0 spiro atoms. The molecule has 1 heteroatoms. The smallest absolute Gasteiger partial charge is 0.0127 e. The number of terminal acetylenes is 1. The Morgan fingerprint density at radius 2 is 2.11 bits per heavy atom. The van der Waals surface area contributed by atoms with Crippen LogP contribution in [0.4, 0.5) is 0 Å². The minimum absolute atomic E-state index is 1.16. The molecule has 0 nitrogen and oxygen atoms in total. The SMILES string of the molecule is C#CC.C=C1C(/C=C\C)=C(C)CCc2sccc21. The Hall–Kier alpha value is -1.52. The van der Waals surface area contributed by atoms with Gasteiger partial charge in [-0.1, -0.05) is 24.3 Å². The van der Waals surface area contributed by atoms with Gasteiger partial charge in [0.15, 0.2) is 0 Å². The molecule has 0 aromatic carbocycles. The fraction of sp³-hybridized carbons (Fsp3) is 0.294. The van der Waals surface area contributed by atoms with Crippen molar-refractivity contribution in [3.05, 3.63) is 51.8 Å². The van der Waals surface area contributed by atoms with E-state index in [1.54, 1.807) is 6.92 Å². The highest BCUT2D eigenvalue weighted by molar-refractivity contribution is 7.10. The van der Waals surface area contributed by atoms with Crippen molar-refractivity contribution in [2.24, 2.45) is 0 Å². The molecule has 0 aliphatic heterocycles. The van der Waals surface area contributed by atoms with Gasteiger partial charge >= 0.3 is 0 Å². The van der Waals surface area contributed by atoms with Crippen LogP contribution in [0.1, 0.15) is 37.6 Å². The predicted octanol–water partition coefficient (Wildman–Crippen LogP) is 5.24. The monoisotopic (exact) mass is 256 g/mol. The van der Waals surface area contributed by atoms with Gasteiger partial charge in [-0.25, -0.2) is 0 Å². The molecule has 2 rings (SSSR count).